The summed E-state index contributed by atoms with van der Waals surface area (Å²) in [7, 11) is 0. The molecule has 0 heterocycles. The first kappa shape index (κ1) is 71.6. The van der Waals surface area contributed by atoms with Crippen LogP contribution >= 0.6 is 0 Å². The number of allylic oxidation sites excluding steroid dienone is 6. The molecule has 0 aromatic rings. The number of esters is 3. The Kier molecular flexibility index (Phi) is 61.1. The zero-order valence-electron chi connectivity index (χ0n) is 49.9. The van der Waals surface area contributed by atoms with Crippen LogP contribution in [0.3, 0.4) is 0 Å². The molecular formula is C68H126O6. The minimum absolute atomic E-state index is 0.0690. The van der Waals surface area contributed by atoms with E-state index < -0.39 is 6.10 Å². The molecule has 434 valence electrons. The van der Waals surface area contributed by atoms with Gasteiger partial charge in [0.1, 0.15) is 13.2 Å². The maximum absolute atomic E-state index is 12.8. The smallest absolute Gasteiger partial charge is 0.306 e. The second-order valence-electron chi connectivity index (χ2n) is 22.4. The van der Waals surface area contributed by atoms with Crippen LogP contribution in [-0.4, -0.2) is 37.2 Å². The summed E-state index contributed by atoms with van der Waals surface area (Å²) in [5.41, 5.74) is 0. The maximum atomic E-state index is 12.8. The Morgan fingerprint density at radius 1 is 0.270 bits per heavy atom. The van der Waals surface area contributed by atoms with E-state index in [4.69, 9.17) is 14.2 Å². The molecule has 0 aliphatic carbocycles. The predicted octanol–water partition coefficient (Wildman–Crippen LogP) is 22.4. The number of unbranched alkanes of at least 4 members (excludes halogenated alkanes) is 44. The van der Waals surface area contributed by atoms with Crippen molar-refractivity contribution in [3.63, 3.8) is 0 Å². The van der Waals surface area contributed by atoms with Crippen molar-refractivity contribution in [3.05, 3.63) is 36.5 Å². The molecule has 1 atom stereocenters. The molecule has 0 aliphatic rings. The molecule has 74 heavy (non-hydrogen) atoms. The van der Waals surface area contributed by atoms with E-state index in [1.54, 1.807) is 0 Å². The van der Waals surface area contributed by atoms with Gasteiger partial charge < -0.3 is 14.2 Å². The Morgan fingerprint density at radius 2 is 0.486 bits per heavy atom. The highest BCUT2D eigenvalue weighted by Gasteiger charge is 2.19. The molecule has 0 aliphatic heterocycles. The van der Waals surface area contributed by atoms with Gasteiger partial charge in [-0.3, -0.25) is 14.4 Å². The monoisotopic (exact) mass is 1040 g/mol. The fraction of sp³-hybridized carbons (Fsp3) is 0.868. The first-order valence-corrected chi connectivity index (χ1v) is 33.0. The minimum atomic E-state index is -0.769. The first-order valence-electron chi connectivity index (χ1n) is 33.0. The molecule has 0 rings (SSSR count). The zero-order valence-corrected chi connectivity index (χ0v) is 49.9. The van der Waals surface area contributed by atoms with Crippen molar-refractivity contribution in [2.45, 2.75) is 367 Å². The number of hydrogen-bond donors (Lipinski definition) is 0. The molecule has 6 nitrogen and oxygen atoms in total. The Bertz CT molecular complexity index is 1240. The highest BCUT2D eigenvalue weighted by atomic mass is 16.6. The zero-order chi connectivity index (χ0) is 53.6. The molecule has 0 amide bonds. The van der Waals surface area contributed by atoms with Crippen LogP contribution in [0.15, 0.2) is 36.5 Å². The molecule has 0 saturated carbocycles. The van der Waals surface area contributed by atoms with Gasteiger partial charge in [0.2, 0.25) is 0 Å². The summed E-state index contributed by atoms with van der Waals surface area (Å²) in [6.07, 6.45) is 77.7. The lowest BCUT2D eigenvalue weighted by Gasteiger charge is -2.18. The normalized spacial score (nSPS) is 12.2. The molecule has 0 fully saturated rings. The van der Waals surface area contributed by atoms with Crippen molar-refractivity contribution in [2.75, 3.05) is 13.2 Å². The van der Waals surface area contributed by atoms with Gasteiger partial charge in [0.25, 0.3) is 0 Å². The van der Waals surface area contributed by atoms with Crippen LogP contribution in [0.4, 0.5) is 0 Å². The quantitative estimate of drug-likeness (QED) is 0.0261. The van der Waals surface area contributed by atoms with Gasteiger partial charge in [-0.15, -0.1) is 0 Å². The van der Waals surface area contributed by atoms with Crippen molar-refractivity contribution >= 4 is 17.9 Å². The van der Waals surface area contributed by atoms with Gasteiger partial charge in [0.15, 0.2) is 6.10 Å². The summed E-state index contributed by atoms with van der Waals surface area (Å²) in [5, 5.41) is 0. The van der Waals surface area contributed by atoms with Crippen LogP contribution in [0, 0.1) is 0 Å². The van der Waals surface area contributed by atoms with Gasteiger partial charge in [-0.25, -0.2) is 0 Å². The summed E-state index contributed by atoms with van der Waals surface area (Å²) >= 11 is 0. The van der Waals surface area contributed by atoms with Crippen molar-refractivity contribution in [1.82, 2.24) is 0 Å². The van der Waals surface area contributed by atoms with Crippen LogP contribution in [0.25, 0.3) is 0 Å². The van der Waals surface area contributed by atoms with E-state index in [0.717, 1.165) is 64.2 Å². The highest BCUT2D eigenvalue weighted by Crippen LogP contribution is 2.18. The molecule has 0 bridgehead atoms. The first-order chi connectivity index (χ1) is 36.5. The summed E-state index contributed by atoms with van der Waals surface area (Å²) in [5.74, 6) is -0.859. The second kappa shape index (κ2) is 63.2. The molecule has 0 spiro atoms. The van der Waals surface area contributed by atoms with Crippen LogP contribution in [-0.2, 0) is 28.6 Å². The molecule has 0 aromatic carbocycles. The lowest BCUT2D eigenvalue weighted by atomic mass is 10.0. The molecule has 0 aromatic heterocycles. The average molecular weight is 1040 g/mol. The van der Waals surface area contributed by atoms with Crippen LogP contribution in [0.1, 0.15) is 361 Å². The molecule has 0 saturated heterocycles. The number of ether oxygens (including phenoxy) is 3. The Morgan fingerprint density at radius 3 is 0.757 bits per heavy atom. The number of carbonyl (C=O) groups is 3. The number of rotatable bonds is 61. The van der Waals surface area contributed by atoms with E-state index in [-0.39, 0.29) is 31.1 Å². The van der Waals surface area contributed by atoms with Crippen molar-refractivity contribution in [3.8, 4) is 0 Å². The van der Waals surface area contributed by atoms with Gasteiger partial charge in [-0.05, 0) is 77.0 Å². The standard InChI is InChI=1S/C68H126O6/c1-4-7-10-13-16-18-20-22-24-26-28-29-30-31-32-33-34-35-36-37-38-39-40-42-43-45-47-49-52-55-58-61-67(70)73-64-65(63-72-66(69)60-57-54-51-15-12-9-6-3)74-68(71)62-59-56-53-50-48-46-44-41-27-25-23-21-19-17-14-11-8-5-2/h20,22,25-28,65H,4-19,21,23-24,29-64H2,1-3H3/b22-20-,27-25-,28-26-. The molecule has 0 radical (unpaired) electrons. The van der Waals surface area contributed by atoms with Crippen molar-refractivity contribution in [1.29, 1.82) is 0 Å². The Labute approximate surface area is 461 Å². The van der Waals surface area contributed by atoms with Gasteiger partial charge in [-0.2, -0.15) is 0 Å². The molecule has 0 N–H and O–H groups in total. The van der Waals surface area contributed by atoms with E-state index in [1.807, 2.05) is 0 Å². The topological polar surface area (TPSA) is 78.9 Å². The second-order valence-corrected chi connectivity index (χ2v) is 22.4. The van der Waals surface area contributed by atoms with E-state index in [9.17, 15) is 14.4 Å². The highest BCUT2D eigenvalue weighted by molar-refractivity contribution is 5.71. The fourth-order valence-corrected chi connectivity index (χ4v) is 9.88. The van der Waals surface area contributed by atoms with Crippen molar-refractivity contribution in [2.24, 2.45) is 0 Å². The third-order valence-corrected chi connectivity index (χ3v) is 14.9. The lowest BCUT2D eigenvalue weighted by molar-refractivity contribution is -0.167. The summed E-state index contributed by atoms with van der Waals surface area (Å²) in [6.45, 7) is 6.63. The van der Waals surface area contributed by atoms with Gasteiger partial charge in [0.05, 0.1) is 0 Å². The molecular weight excluding hydrogens is 913 g/mol. The summed E-state index contributed by atoms with van der Waals surface area (Å²) in [6, 6.07) is 0. The van der Waals surface area contributed by atoms with Crippen molar-refractivity contribution < 1.29 is 28.6 Å². The number of hydrogen-bond acceptors (Lipinski definition) is 6. The summed E-state index contributed by atoms with van der Waals surface area (Å²) in [4.78, 5) is 38.1. The van der Waals surface area contributed by atoms with Crippen LogP contribution in [0.2, 0.25) is 0 Å². The van der Waals surface area contributed by atoms with Crippen LogP contribution in [0.5, 0.6) is 0 Å². The van der Waals surface area contributed by atoms with E-state index in [0.29, 0.717) is 19.3 Å². The fourth-order valence-electron chi connectivity index (χ4n) is 9.88. The predicted molar refractivity (Wildman–Crippen MR) is 321 cm³/mol. The minimum Gasteiger partial charge on any atom is -0.462 e. The number of carbonyl (C=O) groups excluding carboxylic acids is 3. The third kappa shape index (κ3) is 60.5. The largest absolute Gasteiger partial charge is 0.462 e. The molecule has 6 heteroatoms. The van der Waals surface area contributed by atoms with Gasteiger partial charge in [0, 0.05) is 19.3 Å². The SMILES string of the molecule is CCCCCCC/C=C\C/C=C\CCCCCCCCCCCCCCCCCCCCCC(=O)OCC(COC(=O)CCCCCCCCC)OC(=O)CCCCCCCCC/C=C\CCCCCCCCC. The molecule has 1 unspecified atom stereocenters. The summed E-state index contributed by atoms with van der Waals surface area (Å²) < 4.78 is 16.8. The average Bonchev–Trinajstić information content (AvgIpc) is 3.40. The van der Waals surface area contributed by atoms with Crippen LogP contribution < -0.4 is 0 Å². The van der Waals surface area contributed by atoms with E-state index in [2.05, 4.69) is 57.2 Å². The van der Waals surface area contributed by atoms with Gasteiger partial charge >= 0.3 is 17.9 Å². The van der Waals surface area contributed by atoms with E-state index in [1.165, 1.54) is 257 Å². The van der Waals surface area contributed by atoms with E-state index >= 15 is 0 Å². The third-order valence-electron chi connectivity index (χ3n) is 14.9. The van der Waals surface area contributed by atoms with Gasteiger partial charge in [-0.1, -0.05) is 301 Å². The maximum Gasteiger partial charge on any atom is 0.306 e. The lowest BCUT2D eigenvalue weighted by Crippen LogP contribution is -2.30. The Balaban J connectivity index is 4.01. The Hall–Kier alpha value is -2.37.